The molecule has 2 aromatic rings. The molecule has 4 rings (SSSR count). The second kappa shape index (κ2) is 12.0. The topological polar surface area (TPSA) is 128 Å². The first-order valence-electron chi connectivity index (χ1n) is 11.3. The first kappa shape index (κ1) is 25.7. The van der Waals surface area contributed by atoms with Crippen molar-refractivity contribution in [3.8, 4) is 5.75 Å². The fourth-order valence-electron chi connectivity index (χ4n) is 4.15. The maximum absolute atomic E-state index is 12.4. The van der Waals surface area contributed by atoms with Crippen molar-refractivity contribution in [3.63, 3.8) is 0 Å². The number of fused-ring (bicyclic) bond motifs is 1. The molecule has 10 nitrogen and oxygen atoms in total. The van der Waals surface area contributed by atoms with Crippen molar-refractivity contribution >= 4 is 29.4 Å². The number of hydrogen-bond donors (Lipinski definition) is 2. The van der Waals surface area contributed by atoms with E-state index in [1.54, 1.807) is 31.4 Å². The van der Waals surface area contributed by atoms with Crippen LogP contribution in [-0.2, 0) is 9.59 Å². The molecule has 2 N–H and O–H groups in total. The number of imide groups is 1. The van der Waals surface area contributed by atoms with E-state index in [0.717, 1.165) is 57.0 Å². The molecule has 1 fully saturated rings. The molecular weight excluding hydrogens is 454 g/mol. The Bertz CT molecular complexity index is 1030. The van der Waals surface area contributed by atoms with Crippen LogP contribution in [0.2, 0.25) is 0 Å². The Hall–Kier alpha value is -3.92. The predicted octanol–water partition coefficient (Wildman–Crippen LogP) is 2.05. The van der Waals surface area contributed by atoms with Gasteiger partial charge in [0.1, 0.15) is 5.75 Å². The third-order valence-corrected chi connectivity index (χ3v) is 5.97. The van der Waals surface area contributed by atoms with Crippen LogP contribution in [0.5, 0.6) is 5.75 Å². The molecule has 0 aromatic heterocycles. The molecule has 0 aliphatic carbocycles. The first-order valence-corrected chi connectivity index (χ1v) is 11.3. The molecular formula is C25H29N3O7. The number of methoxy groups -OCH3 is 1. The zero-order valence-electron chi connectivity index (χ0n) is 19.6. The van der Waals surface area contributed by atoms with Crippen LogP contribution >= 0.6 is 0 Å². The van der Waals surface area contributed by atoms with Crippen LogP contribution in [0.3, 0.4) is 0 Å². The quantitative estimate of drug-likeness (QED) is 0.345. The van der Waals surface area contributed by atoms with Crippen LogP contribution < -0.4 is 9.64 Å². The van der Waals surface area contributed by atoms with E-state index in [2.05, 4.69) is 15.9 Å². The van der Waals surface area contributed by atoms with E-state index in [9.17, 15) is 9.59 Å². The lowest BCUT2D eigenvalue weighted by Crippen LogP contribution is -2.46. The van der Waals surface area contributed by atoms with Crippen LogP contribution in [0.4, 0.5) is 5.69 Å². The van der Waals surface area contributed by atoms with Gasteiger partial charge in [-0.05, 0) is 43.7 Å². The number of carbonyl (C=O) groups excluding carboxylic acids is 2. The number of rotatable bonds is 7. The highest BCUT2D eigenvalue weighted by molar-refractivity contribution is 6.27. The SMILES string of the molecule is COc1ccccc1N1CCN(CCCCN2C(=O)c3ccccc3C2=O)CC1.O=C(O)C(=O)O. The Morgan fingerprint density at radius 3 is 1.86 bits per heavy atom. The van der Waals surface area contributed by atoms with Gasteiger partial charge in [-0.25, -0.2) is 9.59 Å². The van der Waals surface area contributed by atoms with Gasteiger partial charge in [0.2, 0.25) is 0 Å². The minimum absolute atomic E-state index is 0.156. The number of para-hydroxylation sites is 2. The number of carboxylic acids is 2. The number of anilines is 1. The minimum atomic E-state index is -1.82. The summed E-state index contributed by atoms with van der Waals surface area (Å²) in [6, 6.07) is 15.2. The number of aliphatic carboxylic acids is 2. The van der Waals surface area contributed by atoms with Crippen LogP contribution in [0.25, 0.3) is 0 Å². The summed E-state index contributed by atoms with van der Waals surface area (Å²) in [6.45, 7) is 5.43. The van der Waals surface area contributed by atoms with Crippen molar-refractivity contribution in [1.29, 1.82) is 0 Å². The standard InChI is InChI=1S/C23H27N3O3.C2H2O4/c1-29-21-11-5-4-10-20(21)25-16-14-24(15-17-25)12-6-7-13-26-22(27)18-8-2-3-9-19(18)23(26)28;3-1(4)2(5)6/h2-5,8-11H,6-7,12-17H2,1H3;(H,3,4)(H,5,6). The van der Waals surface area contributed by atoms with Gasteiger partial charge < -0.3 is 19.8 Å². The lowest BCUT2D eigenvalue weighted by Gasteiger charge is -2.36. The van der Waals surface area contributed by atoms with Crippen LogP contribution in [0.1, 0.15) is 33.6 Å². The van der Waals surface area contributed by atoms with Crippen molar-refractivity contribution in [2.24, 2.45) is 0 Å². The zero-order chi connectivity index (χ0) is 25.4. The first-order chi connectivity index (χ1) is 16.8. The van der Waals surface area contributed by atoms with Crippen LogP contribution in [0.15, 0.2) is 48.5 Å². The number of carboxylic acid groups (broad SMARTS) is 2. The fourth-order valence-corrected chi connectivity index (χ4v) is 4.15. The average molecular weight is 484 g/mol. The number of ether oxygens (including phenoxy) is 1. The zero-order valence-corrected chi connectivity index (χ0v) is 19.6. The van der Waals surface area contributed by atoms with Gasteiger partial charge in [0, 0.05) is 32.7 Å². The van der Waals surface area contributed by atoms with Gasteiger partial charge in [0.15, 0.2) is 0 Å². The van der Waals surface area contributed by atoms with Crippen molar-refractivity contribution in [2.75, 3.05) is 51.3 Å². The Kier molecular flexibility index (Phi) is 8.80. The number of amides is 2. The van der Waals surface area contributed by atoms with Crippen molar-refractivity contribution < 1.29 is 34.1 Å². The lowest BCUT2D eigenvalue weighted by atomic mass is 10.1. The van der Waals surface area contributed by atoms with E-state index in [4.69, 9.17) is 24.5 Å². The summed E-state index contributed by atoms with van der Waals surface area (Å²) >= 11 is 0. The van der Waals surface area contributed by atoms with E-state index in [-0.39, 0.29) is 11.8 Å². The van der Waals surface area contributed by atoms with Gasteiger partial charge in [-0.3, -0.25) is 19.4 Å². The maximum atomic E-state index is 12.4. The van der Waals surface area contributed by atoms with Gasteiger partial charge in [-0.1, -0.05) is 24.3 Å². The Morgan fingerprint density at radius 1 is 0.800 bits per heavy atom. The van der Waals surface area contributed by atoms with Gasteiger partial charge in [-0.15, -0.1) is 0 Å². The monoisotopic (exact) mass is 483 g/mol. The van der Waals surface area contributed by atoms with E-state index >= 15 is 0 Å². The molecule has 2 heterocycles. The minimum Gasteiger partial charge on any atom is -0.495 e. The number of carbonyl (C=O) groups is 4. The molecule has 2 aliphatic rings. The summed E-state index contributed by atoms with van der Waals surface area (Å²) < 4.78 is 5.48. The van der Waals surface area contributed by atoms with E-state index in [0.29, 0.717) is 17.7 Å². The molecule has 0 saturated carbocycles. The summed E-state index contributed by atoms with van der Waals surface area (Å²) in [5.74, 6) is -3.04. The Labute approximate surface area is 203 Å². The molecule has 2 aromatic carbocycles. The smallest absolute Gasteiger partial charge is 0.414 e. The summed E-state index contributed by atoms with van der Waals surface area (Å²) in [5.41, 5.74) is 2.22. The van der Waals surface area contributed by atoms with E-state index < -0.39 is 11.9 Å². The number of piperazine rings is 1. The fraction of sp³-hybridized carbons (Fsp3) is 0.360. The molecule has 10 heteroatoms. The predicted molar refractivity (Wildman–Crippen MR) is 128 cm³/mol. The summed E-state index contributed by atoms with van der Waals surface area (Å²) in [5, 5.41) is 14.8. The highest BCUT2D eigenvalue weighted by Crippen LogP contribution is 2.28. The van der Waals surface area contributed by atoms with Crippen molar-refractivity contribution in [3.05, 3.63) is 59.7 Å². The van der Waals surface area contributed by atoms with Gasteiger partial charge >= 0.3 is 11.9 Å². The Balaban J connectivity index is 0.000000509. The molecule has 0 spiro atoms. The lowest BCUT2D eigenvalue weighted by molar-refractivity contribution is -0.159. The molecule has 0 unspecified atom stereocenters. The van der Waals surface area contributed by atoms with Crippen LogP contribution in [-0.4, -0.2) is 90.1 Å². The third-order valence-electron chi connectivity index (χ3n) is 5.97. The Morgan fingerprint density at radius 2 is 1.31 bits per heavy atom. The largest absolute Gasteiger partial charge is 0.495 e. The second-order valence-electron chi connectivity index (χ2n) is 8.13. The molecule has 0 radical (unpaired) electrons. The molecule has 1 saturated heterocycles. The molecule has 0 bridgehead atoms. The highest BCUT2D eigenvalue weighted by atomic mass is 16.5. The van der Waals surface area contributed by atoms with Gasteiger partial charge in [0.05, 0.1) is 23.9 Å². The number of hydrogen-bond acceptors (Lipinski definition) is 7. The summed E-state index contributed by atoms with van der Waals surface area (Å²) in [6.07, 6.45) is 1.81. The molecule has 2 amide bonds. The number of nitrogens with zero attached hydrogens (tertiary/aromatic N) is 3. The second-order valence-corrected chi connectivity index (χ2v) is 8.13. The number of benzene rings is 2. The molecule has 35 heavy (non-hydrogen) atoms. The summed E-state index contributed by atoms with van der Waals surface area (Å²) in [7, 11) is 1.71. The van der Waals surface area contributed by atoms with Crippen molar-refractivity contribution in [1.82, 2.24) is 9.80 Å². The number of unbranched alkanes of at least 4 members (excludes halogenated alkanes) is 1. The molecule has 2 aliphatic heterocycles. The van der Waals surface area contributed by atoms with E-state index in [1.807, 2.05) is 18.2 Å². The molecule has 186 valence electrons. The van der Waals surface area contributed by atoms with Crippen LogP contribution in [0, 0.1) is 0 Å². The van der Waals surface area contributed by atoms with E-state index in [1.165, 1.54) is 4.90 Å². The third kappa shape index (κ3) is 6.36. The normalized spacial score (nSPS) is 15.3. The molecule has 0 atom stereocenters. The summed E-state index contributed by atoms with van der Waals surface area (Å²) in [4.78, 5) is 49.2. The highest BCUT2D eigenvalue weighted by Gasteiger charge is 2.34. The maximum Gasteiger partial charge on any atom is 0.414 e. The van der Waals surface area contributed by atoms with Gasteiger partial charge in [0.25, 0.3) is 11.8 Å². The van der Waals surface area contributed by atoms with Gasteiger partial charge in [-0.2, -0.15) is 0 Å². The van der Waals surface area contributed by atoms with Crippen molar-refractivity contribution in [2.45, 2.75) is 12.8 Å². The average Bonchev–Trinajstić information content (AvgIpc) is 3.12.